The van der Waals surface area contributed by atoms with Crippen LogP contribution in [0, 0.1) is 0 Å². The SMILES string of the molecule is COc1cccc(NC(=O)COc2ncnc3scc(-c4ccccc4)c23)c1. The number of hydrogen-bond donors (Lipinski definition) is 1. The summed E-state index contributed by atoms with van der Waals surface area (Å²) < 4.78 is 10.9. The second kappa shape index (κ2) is 8.06. The summed E-state index contributed by atoms with van der Waals surface area (Å²) in [6.07, 6.45) is 1.45. The fourth-order valence-electron chi connectivity index (χ4n) is 2.82. The summed E-state index contributed by atoms with van der Waals surface area (Å²) in [4.78, 5) is 21.7. The quantitative estimate of drug-likeness (QED) is 0.528. The summed E-state index contributed by atoms with van der Waals surface area (Å²) in [5.41, 5.74) is 2.68. The minimum atomic E-state index is -0.281. The Kier molecular flexibility index (Phi) is 5.16. The Hall–Kier alpha value is -3.45. The number of nitrogens with one attached hydrogen (secondary N) is 1. The highest BCUT2D eigenvalue weighted by Crippen LogP contribution is 2.37. The standard InChI is InChI=1S/C21H17N3O3S/c1-26-16-9-5-8-15(10-16)24-18(25)11-27-20-19-17(14-6-3-2-4-7-14)12-28-21(19)23-13-22-20/h2-10,12-13H,11H2,1H3,(H,24,25). The van der Waals surface area contributed by atoms with E-state index < -0.39 is 0 Å². The van der Waals surface area contributed by atoms with Gasteiger partial charge >= 0.3 is 0 Å². The third kappa shape index (κ3) is 3.79. The molecule has 28 heavy (non-hydrogen) atoms. The Morgan fingerprint density at radius 1 is 1.11 bits per heavy atom. The van der Waals surface area contributed by atoms with Crippen molar-refractivity contribution in [1.82, 2.24) is 9.97 Å². The molecule has 2 aromatic carbocycles. The van der Waals surface area contributed by atoms with Crippen molar-refractivity contribution < 1.29 is 14.3 Å². The van der Waals surface area contributed by atoms with Gasteiger partial charge in [0.1, 0.15) is 16.9 Å². The van der Waals surface area contributed by atoms with Gasteiger partial charge in [0, 0.05) is 22.7 Å². The van der Waals surface area contributed by atoms with Crippen LogP contribution in [-0.2, 0) is 4.79 Å². The second-order valence-corrected chi connectivity index (χ2v) is 6.80. The van der Waals surface area contributed by atoms with Crippen LogP contribution < -0.4 is 14.8 Å². The Labute approximate surface area is 165 Å². The van der Waals surface area contributed by atoms with Gasteiger partial charge in [0.25, 0.3) is 5.91 Å². The van der Waals surface area contributed by atoms with Crippen LogP contribution in [0.1, 0.15) is 0 Å². The van der Waals surface area contributed by atoms with Gasteiger partial charge in [-0.05, 0) is 17.7 Å². The van der Waals surface area contributed by atoms with Crippen molar-refractivity contribution in [3.8, 4) is 22.8 Å². The molecule has 2 aromatic heterocycles. The third-order valence-corrected chi connectivity index (χ3v) is 5.00. The van der Waals surface area contributed by atoms with Gasteiger partial charge in [0.2, 0.25) is 5.88 Å². The molecule has 2 heterocycles. The fraction of sp³-hybridized carbons (Fsp3) is 0.0952. The minimum Gasteiger partial charge on any atom is -0.497 e. The van der Waals surface area contributed by atoms with E-state index in [2.05, 4.69) is 15.3 Å². The molecule has 0 bridgehead atoms. The Morgan fingerprint density at radius 3 is 2.79 bits per heavy atom. The van der Waals surface area contributed by atoms with E-state index in [4.69, 9.17) is 9.47 Å². The number of thiophene rings is 1. The minimum absolute atomic E-state index is 0.159. The van der Waals surface area contributed by atoms with E-state index in [0.717, 1.165) is 21.3 Å². The molecule has 4 aromatic rings. The molecule has 0 radical (unpaired) electrons. The van der Waals surface area contributed by atoms with Crippen LogP contribution in [0.3, 0.4) is 0 Å². The molecule has 0 spiro atoms. The molecular formula is C21H17N3O3S. The highest BCUT2D eigenvalue weighted by atomic mass is 32.1. The number of amides is 1. The van der Waals surface area contributed by atoms with Crippen molar-refractivity contribution in [3.63, 3.8) is 0 Å². The molecule has 0 saturated heterocycles. The van der Waals surface area contributed by atoms with Crippen LogP contribution in [0.15, 0.2) is 66.3 Å². The predicted octanol–water partition coefficient (Wildman–Crippen LogP) is 4.38. The van der Waals surface area contributed by atoms with Crippen LogP contribution >= 0.6 is 11.3 Å². The molecule has 4 rings (SSSR count). The second-order valence-electron chi connectivity index (χ2n) is 5.94. The maximum Gasteiger partial charge on any atom is 0.262 e. The normalized spacial score (nSPS) is 10.6. The molecule has 1 N–H and O–H groups in total. The first kappa shape index (κ1) is 17.9. The zero-order valence-electron chi connectivity index (χ0n) is 15.1. The molecule has 6 nitrogen and oxygen atoms in total. The van der Waals surface area contributed by atoms with Crippen molar-refractivity contribution in [2.45, 2.75) is 0 Å². The van der Waals surface area contributed by atoms with Gasteiger partial charge in [-0.3, -0.25) is 4.79 Å². The number of methoxy groups -OCH3 is 1. The largest absolute Gasteiger partial charge is 0.497 e. The van der Waals surface area contributed by atoms with Crippen LogP contribution in [0.5, 0.6) is 11.6 Å². The molecule has 0 aliphatic rings. The molecule has 0 unspecified atom stereocenters. The number of hydrogen-bond acceptors (Lipinski definition) is 6. The number of anilines is 1. The van der Waals surface area contributed by atoms with Crippen LogP contribution in [-0.4, -0.2) is 29.6 Å². The summed E-state index contributed by atoms with van der Waals surface area (Å²) in [5.74, 6) is 0.782. The number of carbonyl (C=O) groups is 1. The molecule has 0 saturated carbocycles. The van der Waals surface area contributed by atoms with E-state index in [9.17, 15) is 4.79 Å². The van der Waals surface area contributed by atoms with Gasteiger partial charge in [-0.1, -0.05) is 36.4 Å². The van der Waals surface area contributed by atoms with E-state index in [1.165, 1.54) is 17.7 Å². The summed E-state index contributed by atoms with van der Waals surface area (Å²) in [7, 11) is 1.58. The number of aromatic nitrogens is 2. The van der Waals surface area contributed by atoms with Gasteiger partial charge in [0.15, 0.2) is 6.61 Å². The molecule has 0 aliphatic carbocycles. The van der Waals surface area contributed by atoms with Crippen LogP contribution in [0.25, 0.3) is 21.3 Å². The Bertz CT molecular complexity index is 1110. The maximum atomic E-state index is 12.3. The number of carbonyl (C=O) groups excluding carboxylic acids is 1. The van der Waals surface area contributed by atoms with Crippen molar-refractivity contribution >= 4 is 33.1 Å². The van der Waals surface area contributed by atoms with E-state index in [-0.39, 0.29) is 12.5 Å². The third-order valence-electron chi connectivity index (χ3n) is 4.11. The van der Waals surface area contributed by atoms with E-state index >= 15 is 0 Å². The summed E-state index contributed by atoms with van der Waals surface area (Å²) in [5, 5.41) is 5.63. The van der Waals surface area contributed by atoms with Gasteiger partial charge < -0.3 is 14.8 Å². The summed E-state index contributed by atoms with van der Waals surface area (Å²) >= 11 is 1.52. The molecular weight excluding hydrogens is 374 g/mol. The van der Waals surface area contributed by atoms with E-state index in [1.54, 1.807) is 25.3 Å². The molecule has 0 fully saturated rings. The predicted molar refractivity (Wildman–Crippen MR) is 110 cm³/mol. The number of ether oxygens (including phenoxy) is 2. The highest BCUT2D eigenvalue weighted by Gasteiger charge is 2.15. The van der Waals surface area contributed by atoms with Crippen molar-refractivity contribution in [2.24, 2.45) is 0 Å². The summed E-state index contributed by atoms with van der Waals surface area (Å²) in [6.45, 7) is -0.159. The van der Waals surface area contributed by atoms with Gasteiger partial charge in [-0.25, -0.2) is 9.97 Å². The lowest BCUT2D eigenvalue weighted by molar-refractivity contribution is -0.118. The van der Waals surface area contributed by atoms with Crippen molar-refractivity contribution in [3.05, 3.63) is 66.3 Å². The van der Waals surface area contributed by atoms with Gasteiger partial charge in [-0.2, -0.15) is 0 Å². The zero-order chi connectivity index (χ0) is 19.3. The number of nitrogens with zero attached hydrogens (tertiary/aromatic N) is 2. The first-order valence-electron chi connectivity index (χ1n) is 8.59. The fourth-order valence-corrected chi connectivity index (χ4v) is 3.73. The highest BCUT2D eigenvalue weighted by molar-refractivity contribution is 7.17. The molecule has 7 heteroatoms. The lowest BCUT2D eigenvalue weighted by Crippen LogP contribution is -2.20. The number of benzene rings is 2. The average Bonchev–Trinajstić information content (AvgIpc) is 3.18. The van der Waals surface area contributed by atoms with E-state index in [0.29, 0.717) is 17.3 Å². The molecule has 1 amide bonds. The molecule has 0 atom stereocenters. The van der Waals surface area contributed by atoms with Gasteiger partial charge in [-0.15, -0.1) is 11.3 Å². The van der Waals surface area contributed by atoms with Gasteiger partial charge in [0.05, 0.1) is 12.5 Å². The smallest absolute Gasteiger partial charge is 0.262 e. The summed E-state index contributed by atoms with van der Waals surface area (Å²) in [6, 6.07) is 17.1. The Morgan fingerprint density at radius 2 is 1.96 bits per heavy atom. The number of fused-ring (bicyclic) bond motifs is 1. The first-order valence-corrected chi connectivity index (χ1v) is 9.47. The monoisotopic (exact) mass is 391 g/mol. The average molecular weight is 391 g/mol. The molecule has 140 valence electrons. The van der Waals surface area contributed by atoms with Crippen LogP contribution in [0.4, 0.5) is 5.69 Å². The lowest BCUT2D eigenvalue weighted by Gasteiger charge is -2.09. The zero-order valence-corrected chi connectivity index (χ0v) is 15.9. The first-order chi connectivity index (χ1) is 13.7. The lowest BCUT2D eigenvalue weighted by atomic mass is 10.1. The van der Waals surface area contributed by atoms with Crippen LogP contribution in [0.2, 0.25) is 0 Å². The topological polar surface area (TPSA) is 73.3 Å². The van der Waals surface area contributed by atoms with E-state index in [1.807, 2.05) is 41.8 Å². The maximum absolute atomic E-state index is 12.3. The Balaban J connectivity index is 1.53. The van der Waals surface area contributed by atoms with Crippen molar-refractivity contribution in [1.29, 1.82) is 0 Å². The number of rotatable bonds is 6. The van der Waals surface area contributed by atoms with Crippen molar-refractivity contribution in [2.75, 3.05) is 19.0 Å². The molecule has 0 aliphatic heterocycles.